The summed E-state index contributed by atoms with van der Waals surface area (Å²) in [6, 6.07) is 5.92. The van der Waals surface area contributed by atoms with Crippen molar-refractivity contribution in [3.8, 4) is 0 Å². The average Bonchev–Trinajstić information content (AvgIpc) is 3.03. The summed E-state index contributed by atoms with van der Waals surface area (Å²) in [5.41, 5.74) is 1.41. The summed E-state index contributed by atoms with van der Waals surface area (Å²) in [6.07, 6.45) is 1.92. The predicted octanol–water partition coefficient (Wildman–Crippen LogP) is 0.870. The van der Waals surface area contributed by atoms with Gasteiger partial charge >= 0.3 is 5.97 Å². The lowest BCUT2D eigenvalue weighted by Gasteiger charge is -2.19. The summed E-state index contributed by atoms with van der Waals surface area (Å²) in [4.78, 5) is 11.0. The first kappa shape index (κ1) is 13.6. The highest BCUT2D eigenvalue weighted by molar-refractivity contribution is 7.92. The number of carboxylic acid groups (broad SMARTS) is 1. The van der Waals surface area contributed by atoms with E-state index in [0.717, 1.165) is 5.56 Å². The Morgan fingerprint density at radius 1 is 1.33 bits per heavy atom. The molecule has 110 valence electrons. The molecule has 7 nitrogen and oxygen atoms in total. The number of hydrogen-bond acceptors (Lipinski definition) is 4. The number of carbonyl (C=O) groups is 1. The minimum absolute atomic E-state index is 0.109. The Hall–Kier alpha value is -2.35. The number of rotatable bonds is 3. The Morgan fingerprint density at radius 3 is 2.71 bits per heavy atom. The number of aryl methyl sites for hydroxylation is 1. The third kappa shape index (κ3) is 2.07. The second-order valence-electron chi connectivity index (χ2n) is 4.77. The van der Waals surface area contributed by atoms with Crippen LogP contribution in [0.15, 0.2) is 35.5 Å². The van der Waals surface area contributed by atoms with Gasteiger partial charge in [0.1, 0.15) is 0 Å². The zero-order chi connectivity index (χ0) is 15.2. The van der Waals surface area contributed by atoms with Crippen LogP contribution >= 0.6 is 0 Å². The molecular weight excluding hydrogens is 294 g/mol. The van der Waals surface area contributed by atoms with Crippen molar-refractivity contribution < 1.29 is 18.3 Å². The van der Waals surface area contributed by atoms with E-state index in [2.05, 4.69) is 5.10 Å². The standard InChI is InChI=1S/C13H13N3O4S/c1-15-12(4-6-14-15)21(19,20)16-7-5-9-8-10(13(17)18)2-3-11(9)16/h2-4,6,8H,5,7H2,1H3,(H,17,18). The molecule has 1 N–H and O–H groups in total. The molecule has 0 amide bonds. The molecule has 21 heavy (non-hydrogen) atoms. The molecule has 0 atom stereocenters. The molecule has 0 fully saturated rings. The van der Waals surface area contributed by atoms with E-state index >= 15 is 0 Å². The highest BCUT2D eigenvalue weighted by Gasteiger charge is 2.33. The fraction of sp³-hybridized carbons (Fsp3) is 0.231. The number of aromatic carboxylic acids is 1. The summed E-state index contributed by atoms with van der Waals surface area (Å²) in [5, 5.41) is 13.0. The lowest BCUT2D eigenvalue weighted by atomic mass is 10.1. The van der Waals surface area contributed by atoms with E-state index < -0.39 is 16.0 Å². The zero-order valence-corrected chi connectivity index (χ0v) is 12.0. The highest BCUT2D eigenvalue weighted by Crippen LogP contribution is 2.33. The van der Waals surface area contributed by atoms with Crippen LogP contribution in [0.25, 0.3) is 0 Å². The number of aromatic nitrogens is 2. The van der Waals surface area contributed by atoms with Crippen molar-refractivity contribution in [3.63, 3.8) is 0 Å². The van der Waals surface area contributed by atoms with Gasteiger partial charge in [-0.15, -0.1) is 0 Å². The second-order valence-corrected chi connectivity index (χ2v) is 6.58. The molecule has 1 aliphatic heterocycles. The first-order valence-corrected chi connectivity index (χ1v) is 7.72. The van der Waals surface area contributed by atoms with E-state index in [1.165, 1.54) is 33.4 Å². The van der Waals surface area contributed by atoms with Gasteiger partial charge in [0.25, 0.3) is 10.0 Å². The first-order chi connectivity index (χ1) is 9.91. The number of anilines is 1. The van der Waals surface area contributed by atoms with Crippen LogP contribution in [-0.2, 0) is 23.5 Å². The van der Waals surface area contributed by atoms with Crippen molar-refractivity contribution in [2.24, 2.45) is 7.05 Å². The van der Waals surface area contributed by atoms with E-state index in [9.17, 15) is 13.2 Å². The smallest absolute Gasteiger partial charge is 0.335 e. The second kappa shape index (κ2) is 4.59. The van der Waals surface area contributed by atoms with Crippen LogP contribution in [0.5, 0.6) is 0 Å². The summed E-state index contributed by atoms with van der Waals surface area (Å²) in [5.74, 6) is -1.02. The summed E-state index contributed by atoms with van der Waals surface area (Å²) >= 11 is 0. The number of benzene rings is 1. The van der Waals surface area contributed by atoms with Gasteiger partial charge in [0, 0.05) is 13.6 Å². The van der Waals surface area contributed by atoms with E-state index in [1.807, 2.05) is 0 Å². The Balaban J connectivity index is 2.06. The van der Waals surface area contributed by atoms with Crippen molar-refractivity contribution in [1.29, 1.82) is 0 Å². The van der Waals surface area contributed by atoms with E-state index in [0.29, 0.717) is 18.7 Å². The van der Waals surface area contributed by atoms with E-state index in [1.54, 1.807) is 13.1 Å². The van der Waals surface area contributed by atoms with Crippen LogP contribution in [0.1, 0.15) is 15.9 Å². The van der Waals surface area contributed by atoms with Gasteiger partial charge in [-0.05, 0) is 36.2 Å². The predicted molar refractivity (Wildman–Crippen MR) is 74.8 cm³/mol. The number of carboxylic acids is 1. The van der Waals surface area contributed by atoms with Crippen LogP contribution < -0.4 is 4.31 Å². The van der Waals surface area contributed by atoms with Crippen molar-refractivity contribution in [1.82, 2.24) is 9.78 Å². The van der Waals surface area contributed by atoms with E-state index in [-0.39, 0.29) is 10.6 Å². The van der Waals surface area contributed by atoms with Crippen LogP contribution in [0.3, 0.4) is 0 Å². The van der Waals surface area contributed by atoms with Crippen LogP contribution in [-0.4, -0.2) is 35.8 Å². The largest absolute Gasteiger partial charge is 0.478 e. The minimum Gasteiger partial charge on any atom is -0.478 e. The van der Waals surface area contributed by atoms with Crippen molar-refractivity contribution in [2.45, 2.75) is 11.4 Å². The van der Waals surface area contributed by atoms with Crippen LogP contribution in [0, 0.1) is 0 Å². The van der Waals surface area contributed by atoms with Gasteiger partial charge in [0.2, 0.25) is 0 Å². The van der Waals surface area contributed by atoms with Gasteiger partial charge in [-0.3, -0.25) is 8.99 Å². The molecule has 3 rings (SSSR count). The monoisotopic (exact) mass is 307 g/mol. The quantitative estimate of drug-likeness (QED) is 0.908. The van der Waals surface area contributed by atoms with Crippen molar-refractivity contribution in [3.05, 3.63) is 41.6 Å². The summed E-state index contributed by atoms with van der Waals surface area (Å²) in [7, 11) is -2.12. The van der Waals surface area contributed by atoms with Crippen LogP contribution in [0.2, 0.25) is 0 Å². The maximum atomic E-state index is 12.6. The molecule has 0 radical (unpaired) electrons. The van der Waals surface area contributed by atoms with Gasteiger partial charge in [-0.2, -0.15) is 13.5 Å². The van der Waals surface area contributed by atoms with Crippen molar-refractivity contribution in [2.75, 3.05) is 10.8 Å². The van der Waals surface area contributed by atoms with Crippen LogP contribution in [0.4, 0.5) is 5.69 Å². The third-order valence-corrected chi connectivity index (χ3v) is 5.40. The van der Waals surface area contributed by atoms with Crippen molar-refractivity contribution >= 4 is 21.7 Å². The molecule has 2 aromatic rings. The Morgan fingerprint density at radius 2 is 2.10 bits per heavy atom. The molecule has 8 heteroatoms. The van der Waals surface area contributed by atoms with Gasteiger partial charge in [-0.25, -0.2) is 4.79 Å². The van der Waals surface area contributed by atoms with Gasteiger partial charge < -0.3 is 5.11 Å². The number of nitrogens with zero attached hydrogens (tertiary/aromatic N) is 3. The topological polar surface area (TPSA) is 92.5 Å². The van der Waals surface area contributed by atoms with Gasteiger partial charge in [0.05, 0.1) is 17.4 Å². The molecule has 0 saturated heterocycles. The molecule has 1 aromatic carbocycles. The molecule has 0 aliphatic carbocycles. The maximum Gasteiger partial charge on any atom is 0.335 e. The highest BCUT2D eigenvalue weighted by atomic mass is 32.2. The molecule has 1 aliphatic rings. The summed E-state index contributed by atoms with van der Waals surface area (Å²) in [6.45, 7) is 0.298. The number of fused-ring (bicyclic) bond motifs is 1. The molecule has 0 saturated carbocycles. The fourth-order valence-corrected chi connectivity index (χ4v) is 4.09. The SMILES string of the molecule is Cn1nccc1S(=O)(=O)N1CCc2cc(C(=O)O)ccc21. The third-order valence-electron chi connectivity index (χ3n) is 3.51. The van der Waals surface area contributed by atoms with Gasteiger partial charge in [-0.1, -0.05) is 0 Å². The lowest BCUT2D eigenvalue weighted by Crippen LogP contribution is -2.30. The lowest BCUT2D eigenvalue weighted by molar-refractivity contribution is 0.0697. The minimum atomic E-state index is -3.69. The molecule has 0 bridgehead atoms. The normalized spacial score (nSPS) is 14.2. The summed E-state index contributed by atoms with van der Waals surface area (Å²) < 4.78 is 27.9. The molecule has 2 heterocycles. The first-order valence-electron chi connectivity index (χ1n) is 6.28. The molecular formula is C13H13N3O4S. The zero-order valence-electron chi connectivity index (χ0n) is 11.2. The fourth-order valence-electron chi connectivity index (χ4n) is 2.48. The Kier molecular flexibility index (Phi) is 2.98. The maximum absolute atomic E-state index is 12.6. The number of hydrogen-bond donors (Lipinski definition) is 1. The Labute approximate surface area is 121 Å². The molecule has 1 aromatic heterocycles. The Bertz CT molecular complexity index is 826. The van der Waals surface area contributed by atoms with E-state index in [4.69, 9.17) is 5.11 Å². The average molecular weight is 307 g/mol. The molecule has 0 spiro atoms. The molecule has 0 unspecified atom stereocenters. The van der Waals surface area contributed by atoms with Gasteiger partial charge in [0.15, 0.2) is 5.03 Å². The number of sulfonamides is 1.